The van der Waals surface area contributed by atoms with Crippen molar-refractivity contribution in [3.63, 3.8) is 0 Å². The zero-order valence-corrected chi connectivity index (χ0v) is 15.4. The number of allylic oxidation sites excluding steroid dienone is 4. The number of aromatic amines is 1. The fraction of sp³-hybridized carbons (Fsp3) is 0.0870. The minimum absolute atomic E-state index is 0.472. The fourth-order valence-electron chi connectivity index (χ4n) is 2.91. The Bertz CT molecular complexity index is 1040. The molecule has 0 aliphatic carbocycles. The van der Waals surface area contributed by atoms with E-state index in [1.54, 1.807) is 12.4 Å². The predicted molar refractivity (Wildman–Crippen MR) is 112 cm³/mol. The van der Waals surface area contributed by atoms with Crippen LogP contribution in [-0.4, -0.2) is 21.4 Å². The Balaban J connectivity index is 1.43. The van der Waals surface area contributed by atoms with Crippen LogP contribution in [0.15, 0.2) is 90.4 Å². The summed E-state index contributed by atoms with van der Waals surface area (Å²) in [5, 5.41) is 6.84. The SMILES string of the molecule is C=CC1=CN=CC(c2cccc(COc3ccc(-c4ccn[nH]4)nc3)c2)=CC1. The van der Waals surface area contributed by atoms with E-state index in [0.717, 1.165) is 45.8 Å². The highest BCUT2D eigenvalue weighted by Crippen LogP contribution is 2.21. The molecule has 0 saturated heterocycles. The maximum absolute atomic E-state index is 5.90. The Kier molecular flexibility index (Phi) is 5.24. The predicted octanol–water partition coefficient (Wildman–Crippen LogP) is 4.98. The standard InChI is InChI=1S/C23H20N4O/c1-2-17-6-7-20(14-24-13-17)19-5-3-4-18(12-19)16-28-21-8-9-22(25-15-21)23-10-11-26-27-23/h2-5,7-15H,1,6,16H2,(H,26,27). The third kappa shape index (κ3) is 4.15. The number of nitrogens with zero attached hydrogens (tertiary/aromatic N) is 3. The van der Waals surface area contributed by atoms with Gasteiger partial charge in [-0.15, -0.1) is 0 Å². The number of pyridine rings is 1. The van der Waals surface area contributed by atoms with E-state index < -0.39 is 0 Å². The first kappa shape index (κ1) is 17.7. The van der Waals surface area contributed by atoms with E-state index in [2.05, 4.69) is 51.0 Å². The van der Waals surface area contributed by atoms with Crippen molar-refractivity contribution in [3.05, 3.63) is 96.5 Å². The summed E-state index contributed by atoms with van der Waals surface area (Å²) in [4.78, 5) is 8.77. The van der Waals surface area contributed by atoms with Gasteiger partial charge < -0.3 is 4.74 Å². The Hall–Kier alpha value is -3.73. The van der Waals surface area contributed by atoms with Gasteiger partial charge in [0.15, 0.2) is 0 Å². The average Bonchev–Trinajstić information content (AvgIpc) is 3.18. The minimum Gasteiger partial charge on any atom is -0.487 e. The molecule has 5 nitrogen and oxygen atoms in total. The molecule has 1 aromatic carbocycles. The molecule has 5 heteroatoms. The molecule has 0 spiro atoms. The van der Waals surface area contributed by atoms with Crippen LogP contribution < -0.4 is 4.74 Å². The second-order valence-electron chi connectivity index (χ2n) is 6.39. The Morgan fingerprint density at radius 1 is 1.18 bits per heavy atom. The lowest BCUT2D eigenvalue weighted by molar-refractivity contribution is 0.305. The van der Waals surface area contributed by atoms with Gasteiger partial charge in [-0.05, 0) is 53.0 Å². The molecule has 138 valence electrons. The number of hydrogen-bond donors (Lipinski definition) is 1. The van der Waals surface area contributed by atoms with Crippen molar-refractivity contribution in [3.8, 4) is 17.1 Å². The van der Waals surface area contributed by atoms with Crippen LogP contribution in [0.2, 0.25) is 0 Å². The maximum Gasteiger partial charge on any atom is 0.138 e. The van der Waals surface area contributed by atoms with Crippen molar-refractivity contribution in [1.82, 2.24) is 15.2 Å². The number of ether oxygens (including phenoxy) is 1. The van der Waals surface area contributed by atoms with Gasteiger partial charge in [-0.2, -0.15) is 5.10 Å². The van der Waals surface area contributed by atoms with Gasteiger partial charge in [-0.1, -0.05) is 36.9 Å². The van der Waals surface area contributed by atoms with Crippen molar-refractivity contribution < 1.29 is 4.74 Å². The van der Waals surface area contributed by atoms with Gasteiger partial charge in [-0.3, -0.25) is 15.1 Å². The van der Waals surface area contributed by atoms with Crippen LogP contribution in [0.1, 0.15) is 17.5 Å². The fourth-order valence-corrected chi connectivity index (χ4v) is 2.91. The maximum atomic E-state index is 5.90. The summed E-state index contributed by atoms with van der Waals surface area (Å²) >= 11 is 0. The van der Waals surface area contributed by atoms with Crippen molar-refractivity contribution in [1.29, 1.82) is 0 Å². The molecule has 0 radical (unpaired) electrons. The van der Waals surface area contributed by atoms with Crippen molar-refractivity contribution >= 4 is 11.8 Å². The van der Waals surface area contributed by atoms with Gasteiger partial charge in [0.05, 0.1) is 17.6 Å². The number of nitrogens with one attached hydrogen (secondary N) is 1. The lowest BCUT2D eigenvalue weighted by atomic mass is 10.0. The summed E-state index contributed by atoms with van der Waals surface area (Å²) in [5.41, 5.74) is 6.13. The molecule has 0 unspecified atom stereocenters. The normalized spacial score (nSPS) is 13.4. The number of H-pyrrole nitrogens is 1. The van der Waals surface area contributed by atoms with E-state index in [4.69, 9.17) is 4.74 Å². The summed E-state index contributed by atoms with van der Waals surface area (Å²) < 4.78 is 5.90. The van der Waals surface area contributed by atoms with E-state index in [-0.39, 0.29) is 0 Å². The largest absolute Gasteiger partial charge is 0.487 e. The Morgan fingerprint density at radius 2 is 2.14 bits per heavy atom. The first-order valence-corrected chi connectivity index (χ1v) is 9.04. The summed E-state index contributed by atoms with van der Waals surface area (Å²) in [6.07, 6.45) is 12.0. The zero-order valence-electron chi connectivity index (χ0n) is 15.4. The molecular weight excluding hydrogens is 348 g/mol. The van der Waals surface area contributed by atoms with E-state index >= 15 is 0 Å². The van der Waals surface area contributed by atoms with E-state index in [0.29, 0.717) is 6.61 Å². The smallest absolute Gasteiger partial charge is 0.138 e. The molecule has 28 heavy (non-hydrogen) atoms. The van der Waals surface area contributed by atoms with Gasteiger partial charge in [0, 0.05) is 18.6 Å². The van der Waals surface area contributed by atoms with Crippen LogP contribution in [0.5, 0.6) is 5.75 Å². The van der Waals surface area contributed by atoms with Crippen molar-refractivity contribution in [2.45, 2.75) is 13.0 Å². The molecule has 3 aromatic rings. The topological polar surface area (TPSA) is 63.2 Å². The van der Waals surface area contributed by atoms with Crippen LogP contribution in [0.4, 0.5) is 0 Å². The summed E-state index contributed by atoms with van der Waals surface area (Å²) in [7, 11) is 0. The summed E-state index contributed by atoms with van der Waals surface area (Å²) in [6.45, 7) is 4.28. The molecule has 1 aliphatic rings. The molecule has 0 amide bonds. The van der Waals surface area contributed by atoms with Gasteiger partial charge >= 0.3 is 0 Å². The highest BCUT2D eigenvalue weighted by atomic mass is 16.5. The van der Waals surface area contributed by atoms with Gasteiger partial charge in [0.1, 0.15) is 12.4 Å². The number of aliphatic imine (C=N–C) groups is 1. The zero-order chi connectivity index (χ0) is 19.2. The van der Waals surface area contributed by atoms with Crippen molar-refractivity contribution in [2.75, 3.05) is 0 Å². The second kappa shape index (κ2) is 8.31. The molecule has 1 aliphatic heterocycles. The van der Waals surface area contributed by atoms with E-state index in [1.165, 1.54) is 0 Å². The lowest BCUT2D eigenvalue weighted by Crippen LogP contribution is -1.97. The molecule has 0 atom stereocenters. The highest BCUT2D eigenvalue weighted by molar-refractivity contribution is 6.10. The van der Waals surface area contributed by atoms with Gasteiger partial charge in [0.25, 0.3) is 0 Å². The molecule has 1 N–H and O–H groups in total. The number of rotatable bonds is 6. The Morgan fingerprint density at radius 3 is 2.93 bits per heavy atom. The van der Waals surface area contributed by atoms with E-state index in [1.807, 2.05) is 42.8 Å². The quantitative estimate of drug-likeness (QED) is 0.667. The monoisotopic (exact) mass is 368 g/mol. The van der Waals surface area contributed by atoms with Crippen molar-refractivity contribution in [2.24, 2.45) is 4.99 Å². The third-order valence-electron chi connectivity index (χ3n) is 4.45. The minimum atomic E-state index is 0.472. The third-order valence-corrected chi connectivity index (χ3v) is 4.45. The van der Waals surface area contributed by atoms with E-state index in [9.17, 15) is 0 Å². The summed E-state index contributed by atoms with van der Waals surface area (Å²) in [6, 6.07) is 14.0. The van der Waals surface area contributed by atoms with Crippen LogP contribution in [-0.2, 0) is 6.61 Å². The molecule has 2 aromatic heterocycles. The number of benzene rings is 1. The first-order valence-electron chi connectivity index (χ1n) is 9.04. The number of aromatic nitrogens is 3. The second-order valence-corrected chi connectivity index (χ2v) is 6.39. The molecule has 0 fully saturated rings. The average molecular weight is 368 g/mol. The Labute approximate surface area is 163 Å². The van der Waals surface area contributed by atoms with Crippen LogP contribution in [0.25, 0.3) is 17.0 Å². The number of hydrogen-bond acceptors (Lipinski definition) is 4. The first-order chi connectivity index (χ1) is 13.8. The lowest BCUT2D eigenvalue weighted by Gasteiger charge is -2.09. The molecule has 4 rings (SSSR count). The van der Waals surface area contributed by atoms with Crippen LogP contribution >= 0.6 is 0 Å². The van der Waals surface area contributed by atoms with Gasteiger partial charge in [-0.25, -0.2) is 0 Å². The highest BCUT2D eigenvalue weighted by Gasteiger charge is 2.05. The van der Waals surface area contributed by atoms with Crippen LogP contribution in [0.3, 0.4) is 0 Å². The van der Waals surface area contributed by atoms with Crippen LogP contribution in [0, 0.1) is 0 Å². The summed E-state index contributed by atoms with van der Waals surface area (Å²) in [5.74, 6) is 0.726. The molecule has 0 saturated carbocycles. The molecular formula is C23H20N4O. The van der Waals surface area contributed by atoms with Gasteiger partial charge in [0.2, 0.25) is 0 Å². The molecule has 3 heterocycles. The molecule has 0 bridgehead atoms.